The van der Waals surface area contributed by atoms with Crippen LogP contribution in [0, 0.1) is 0 Å². The molecule has 0 saturated heterocycles. The number of benzene rings is 1. The third-order valence-electron chi connectivity index (χ3n) is 4.63. The minimum Gasteiger partial charge on any atom is -0.333 e. The van der Waals surface area contributed by atoms with Crippen LogP contribution in [0.15, 0.2) is 29.1 Å². The van der Waals surface area contributed by atoms with Gasteiger partial charge in [-0.2, -0.15) is 0 Å². The summed E-state index contributed by atoms with van der Waals surface area (Å²) in [5, 5.41) is 0.566. The second-order valence-corrected chi connectivity index (χ2v) is 6.68. The van der Waals surface area contributed by atoms with E-state index in [1.165, 1.54) is 0 Å². The zero-order valence-corrected chi connectivity index (χ0v) is 15.8. The SMILES string of the molecule is CCCC(=O)N(CCCCCCN)[C@@H](C)c1nc2ccccc2c(=O)[nH]1. The second kappa shape index (κ2) is 10.1. The summed E-state index contributed by atoms with van der Waals surface area (Å²) in [5.41, 5.74) is 6.03. The number of hydrogen-bond donors (Lipinski definition) is 2. The maximum atomic E-state index is 12.6. The number of carbonyl (C=O) groups is 1. The lowest BCUT2D eigenvalue weighted by atomic mass is 10.1. The number of aromatic amines is 1. The van der Waals surface area contributed by atoms with Crippen molar-refractivity contribution in [3.8, 4) is 0 Å². The van der Waals surface area contributed by atoms with Gasteiger partial charge in [0.2, 0.25) is 5.91 Å². The number of amides is 1. The number of para-hydroxylation sites is 1. The number of nitrogens with zero attached hydrogens (tertiary/aromatic N) is 2. The number of aromatic nitrogens is 2. The fraction of sp³-hybridized carbons (Fsp3) is 0.550. The molecular weight excluding hydrogens is 328 g/mol. The van der Waals surface area contributed by atoms with E-state index in [0.717, 1.165) is 32.1 Å². The average molecular weight is 358 g/mol. The molecule has 0 bridgehead atoms. The molecular formula is C20H30N4O2. The van der Waals surface area contributed by atoms with Crippen LogP contribution in [0.3, 0.4) is 0 Å². The van der Waals surface area contributed by atoms with Crippen molar-refractivity contribution in [1.29, 1.82) is 0 Å². The number of nitrogens with two attached hydrogens (primary N) is 1. The predicted octanol–water partition coefficient (Wildman–Crippen LogP) is 3.13. The van der Waals surface area contributed by atoms with Crippen molar-refractivity contribution in [2.45, 2.75) is 58.4 Å². The minimum atomic E-state index is -0.263. The highest BCUT2D eigenvalue weighted by Gasteiger charge is 2.22. The van der Waals surface area contributed by atoms with Crippen LogP contribution in [0.25, 0.3) is 10.9 Å². The van der Waals surface area contributed by atoms with Gasteiger partial charge in [-0.15, -0.1) is 0 Å². The van der Waals surface area contributed by atoms with E-state index >= 15 is 0 Å². The molecule has 0 fully saturated rings. The summed E-state index contributed by atoms with van der Waals surface area (Å²) in [5.74, 6) is 0.648. The number of fused-ring (bicyclic) bond motifs is 1. The lowest BCUT2D eigenvalue weighted by Crippen LogP contribution is -2.36. The van der Waals surface area contributed by atoms with Gasteiger partial charge < -0.3 is 15.6 Å². The molecule has 0 radical (unpaired) electrons. The van der Waals surface area contributed by atoms with E-state index in [1.54, 1.807) is 6.07 Å². The van der Waals surface area contributed by atoms with Crippen LogP contribution in [0.4, 0.5) is 0 Å². The highest BCUT2D eigenvalue weighted by atomic mass is 16.2. The molecule has 0 aliphatic carbocycles. The standard InChI is InChI=1S/C20H30N4O2/c1-3-10-18(25)24(14-9-5-4-8-13-21)15(2)19-22-17-12-7-6-11-16(17)20(26)23-19/h6-7,11-12,15H,3-5,8-10,13-14,21H2,1-2H3,(H,22,23,26)/t15-/m0/s1. The Morgan fingerprint density at radius 3 is 2.69 bits per heavy atom. The monoisotopic (exact) mass is 358 g/mol. The Balaban J connectivity index is 2.20. The van der Waals surface area contributed by atoms with E-state index in [1.807, 2.05) is 36.9 Å². The van der Waals surface area contributed by atoms with Crippen molar-refractivity contribution < 1.29 is 4.79 Å². The van der Waals surface area contributed by atoms with Gasteiger partial charge in [0.05, 0.1) is 16.9 Å². The molecule has 1 aromatic heterocycles. The molecule has 2 aromatic rings. The van der Waals surface area contributed by atoms with Gasteiger partial charge in [0.15, 0.2) is 0 Å². The van der Waals surface area contributed by atoms with Gasteiger partial charge in [0.25, 0.3) is 5.56 Å². The summed E-state index contributed by atoms with van der Waals surface area (Å²) >= 11 is 0. The Kier molecular flexibility index (Phi) is 7.78. The summed E-state index contributed by atoms with van der Waals surface area (Å²) in [6.07, 6.45) is 5.37. The van der Waals surface area contributed by atoms with Crippen molar-refractivity contribution >= 4 is 16.8 Å². The number of rotatable bonds is 10. The van der Waals surface area contributed by atoms with Crippen LogP contribution in [-0.4, -0.2) is 33.9 Å². The van der Waals surface area contributed by atoms with Gasteiger partial charge in [-0.1, -0.05) is 31.9 Å². The fourth-order valence-corrected chi connectivity index (χ4v) is 3.12. The Labute approximate surface area is 154 Å². The maximum Gasteiger partial charge on any atom is 0.258 e. The van der Waals surface area contributed by atoms with E-state index in [-0.39, 0.29) is 17.5 Å². The smallest absolute Gasteiger partial charge is 0.258 e. The van der Waals surface area contributed by atoms with E-state index in [0.29, 0.717) is 36.2 Å². The van der Waals surface area contributed by atoms with E-state index in [2.05, 4.69) is 9.97 Å². The molecule has 142 valence electrons. The third-order valence-corrected chi connectivity index (χ3v) is 4.63. The first-order chi connectivity index (χ1) is 12.6. The average Bonchev–Trinajstić information content (AvgIpc) is 2.64. The van der Waals surface area contributed by atoms with Crippen molar-refractivity contribution in [3.05, 3.63) is 40.4 Å². The molecule has 0 aliphatic rings. The number of nitrogens with one attached hydrogen (secondary N) is 1. The molecule has 26 heavy (non-hydrogen) atoms. The summed E-state index contributed by atoms with van der Waals surface area (Å²) in [4.78, 5) is 34.3. The molecule has 3 N–H and O–H groups in total. The lowest BCUT2D eigenvalue weighted by molar-refractivity contribution is -0.133. The first kappa shape index (κ1) is 20.1. The zero-order valence-electron chi connectivity index (χ0n) is 15.8. The van der Waals surface area contributed by atoms with Crippen LogP contribution in [0.5, 0.6) is 0 Å². The lowest BCUT2D eigenvalue weighted by Gasteiger charge is -2.29. The van der Waals surface area contributed by atoms with Crippen LogP contribution < -0.4 is 11.3 Å². The van der Waals surface area contributed by atoms with Crippen molar-refractivity contribution in [1.82, 2.24) is 14.9 Å². The molecule has 0 saturated carbocycles. The van der Waals surface area contributed by atoms with E-state index < -0.39 is 0 Å². The molecule has 6 heteroatoms. The highest BCUT2D eigenvalue weighted by molar-refractivity contribution is 5.78. The molecule has 2 rings (SSSR count). The zero-order chi connectivity index (χ0) is 18.9. The molecule has 1 atom stereocenters. The summed E-state index contributed by atoms with van der Waals surface area (Å²) < 4.78 is 0. The molecule has 0 spiro atoms. The Hall–Kier alpha value is -2.21. The predicted molar refractivity (Wildman–Crippen MR) is 105 cm³/mol. The van der Waals surface area contributed by atoms with Crippen LogP contribution >= 0.6 is 0 Å². The number of H-pyrrole nitrogens is 1. The number of carbonyl (C=O) groups excluding carboxylic acids is 1. The normalized spacial score (nSPS) is 12.3. The fourth-order valence-electron chi connectivity index (χ4n) is 3.12. The summed E-state index contributed by atoms with van der Waals surface area (Å²) in [6, 6.07) is 7.00. The van der Waals surface area contributed by atoms with Gasteiger partial charge >= 0.3 is 0 Å². The van der Waals surface area contributed by atoms with Gasteiger partial charge in [0.1, 0.15) is 5.82 Å². The molecule has 0 aliphatic heterocycles. The van der Waals surface area contributed by atoms with Gasteiger partial charge in [-0.05, 0) is 44.9 Å². The molecule has 0 unspecified atom stereocenters. The molecule has 6 nitrogen and oxygen atoms in total. The quantitative estimate of drug-likeness (QED) is 0.638. The summed E-state index contributed by atoms with van der Waals surface area (Å²) in [6.45, 7) is 5.30. The largest absolute Gasteiger partial charge is 0.333 e. The highest BCUT2D eigenvalue weighted by Crippen LogP contribution is 2.20. The third kappa shape index (κ3) is 5.14. The second-order valence-electron chi connectivity index (χ2n) is 6.68. The van der Waals surface area contributed by atoms with Crippen molar-refractivity contribution in [3.63, 3.8) is 0 Å². The van der Waals surface area contributed by atoms with E-state index in [9.17, 15) is 9.59 Å². The molecule has 1 amide bonds. The van der Waals surface area contributed by atoms with Crippen LogP contribution in [0.2, 0.25) is 0 Å². The number of unbranched alkanes of at least 4 members (excludes halogenated alkanes) is 3. The first-order valence-corrected chi connectivity index (χ1v) is 9.57. The van der Waals surface area contributed by atoms with Crippen molar-refractivity contribution in [2.75, 3.05) is 13.1 Å². The number of hydrogen-bond acceptors (Lipinski definition) is 4. The van der Waals surface area contributed by atoms with Crippen LogP contribution in [0.1, 0.15) is 64.2 Å². The topological polar surface area (TPSA) is 92.1 Å². The summed E-state index contributed by atoms with van der Waals surface area (Å²) in [7, 11) is 0. The van der Waals surface area contributed by atoms with Gasteiger partial charge in [-0.3, -0.25) is 9.59 Å². The van der Waals surface area contributed by atoms with Crippen LogP contribution in [-0.2, 0) is 4.79 Å². The Morgan fingerprint density at radius 2 is 1.96 bits per heavy atom. The Morgan fingerprint density at radius 1 is 1.23 bits per heavy atom. The van der Waals surface area contributed by atoms with Gasteiger partial charge in [0, 0.05) is 13.0 Å². The Bertz CT molecular complexity index is 772. The molecule has 1 aromatic carbocycles. The van der Waals surface area contributed by atoms with Gasteiger partial charge in [-0.25, -0.2) is 4.98 Å². The first-order valence-electron chi connectivity index (χ1n) is 9.57. The van der Waals surface area contributed by atoms with E-state index in [4.69, 9.17) is 5.73 Å². The van der Waals surface area contributed by atoms with Crippen molar-refractivity contribution in [2.24, 2.45) is 5.73 Å². The minimum absolute atomic E-state index is 0.106. The molecule has 1 heterocycles. The maximum absolute atomic E-state index is 12.6.